The lowest BCUT2D eigenvalue weighted by atomic mass is 10.3. The van der Waals surface area contributed by atoms with E-state index in [0.717, 1.165) is 23.6 Å². The molecule has 7 nitrogen and oxygen atoms in total. The molecule has 0 aliphatic heterocycles. The van der Waals surface area contributed by atoms with Gasteiger partial charge in [0.1, 0.15) is 11.6 Å². The van der Waals surface area contributed by atoms with Gasteiger partial charge in [-0.05, 0) is 36.0 Å². The minimum atomic E-state index is -0.654. The number of furan rings is 1. The number of hydrogen-bond acceptors (Lipinski definition) is 8. The molecule has 3 rings (SSSR count). The van der Waals surface area contributed by atoms with Crippen LogP contribution in [0, 0.1) is 15.9 Å². The van der Waals surface area contributed by atoms with Crippen LogP contribution in [0.5, 0.6) is 0 Å². The first-order valence-electron chi connectivity index (χ1n) is 6.33. The molecule has 0 fully saturated rings. The van der Waals surface area contributed by atoms with Crippen molar-refractivity contribution in [1.29, 1.82) is 0 Å². The molecule has 0 saturated heterocycles. The topological polar surface area (TPSA) is 94.1 Å². The van der Waals surface area contributed by atoms with Crippen molar-refractivity contribution in [2.45, 2.75) is 15.8 Å². The lowest BCUT2D eigenvalue weighted by Crippen LogP contribution is -1.96. The zero-order valence-corrected chi connectivity index (χ0v) is 13.1. The molecule has 0 saturated carbocycles. The van der Waals surface area contributed by atoms with E-state index in [2.05, 4.69) is 15.5 Å². The second-order valence-electron chi connectivity index (χ2n) is 4.28. The zero-order valence-electron chi connectivity index (χ0n) is 11.4. The van der Waals surface area contributed by atoms with E-state index in [4.69, 9.17) is 4.42 Å². The van der Waals surface area contributed by atoms with Crippen molar-refractivity contribution < 1.29 is 13.7 Å². The maximum absolute atomic E-state index is 13.1. The Bertz CT molecular complexity index is 823. The summed E-state index contributed by atoms with van der Waals surface area (Å²) in [5.41, 5.74) is -0.296. The van der Waals surface area contributed by atoms with Gasteiger partial charge in [-0.2, -0.15) is 0 Å². The third-order valence-electron chi connectivity index (χ3n) is 2.72. The van der Waals surface area contributed by atoms with E-state index in [1.807, 2.05) is 6.07 Å². The minimum absolute atomic E-state index is 0.296. The average molecular weight is 352 g/mol. The molecular weight excluding hydrogens is 343 g/mol. The Balaban J connectivity index is 1.70. The van der Waals surface area contributed by atoms with Gasteiger partial charge in [-0.15, -0.1) is 10.2 Å². The van der Waals surface area contributed by atoms with Gasteiger partial charge in [-0.1, -0.05) is 11.3 Å². The fraction of sp³-hybridized carbons (Fsp3) is 0.0769. The Kier molecular flexibility index (Phi) is 4.53. The van der Waals surface area contributed by atoms with Crippen LogP contribution in [0.25, 0.3) is 0 Å². The Morgan fingerprint density at radius 2 is 2.26 bits per heavy atom. The highest BCUT2D eigenvalue weighted by atomic mass is 32.2. The number of nitrogens with one attached hydrogen (secondary N) is 1. The normalized spacial score (nSPS) is 10.7. The van der Waals surface area contributed by atoms with Crippen molar-refractivity contribution in [2.75, 3.05) is 5.32 Å². The fourth-order valence-electron chi connectivity index (χ4n) is 1.71. The summed E-state index contributed by atoms with van der Waals surface area (Å²) in [6.45, 7) is 0.461. The quantitative estimate of drug-likeness (QED) is 0.530. The summed E-state index contributed by atoms with van der Waals surface area (Å²) in [7, 11) is 0. The van der Waals surface area contributed by atoms with Crippen molar-refractivity contribution in [3.8, 4) is 0 Å². The number of nitro benzene ring substituents is 1. The molecule has 118 valence electrons. The van der Waals surface area contributed by atoms with Crippen LogP contribution in [0.4, 0.5) is 15.2 Å². The van der Waals surface area contributed by atoms with Crippen LogP contribution < -0.4 is 5.32 Å². The molecule has 3 aromatic rings. The summed E-state index contributed by atoms with van der Waals surface area (Å²) in [6.07, 6.45) is 1.58. The van der Waals surface area contributed by atoms with E-state index in [1.54, 1.807) is 12.3 Å². The highest BCUT2D eigenvalue weighted by Gasteiger charge is 2.18. The average Bonchev–Trinajstić information content (AvgIpc) is 3.18. The molecule has 1 N–H and O–H groups in total. The molecule has 0 bridgehead atoms. The van der Waals surface area contributed by atoms with Crippen LogP contribution >= 0.6 is 23.1 Å². The summed E-state index contributed by atoms with van der Waals surface area (Å²) in [6, 6.07) is 7.03. The van der Waals surface area contributed by atoms with Gasteiger partial charge in [0.25, 0.3) is 5.69 Å². The second-order valence-corrected chi connectivity index (χ2v) is 6.54. The third kappa shape index (κ3) is 3.85. The molecule has 0 aliphatic rings. The standard InChI is InChI=1S/C13H9FN4O3S2/c14-8-3-4-11(10(6-8)18(19)20)22-13-17-16-12(23-13)15-7-9-2-1-5-21-9/h1-6H,7H2,(H,15,16). The van der Waals surface area contributed by atoms with Crippen molar-refractivity contribution >= 4 is 33.9 Å². The third-order valence-corrected chi connectivity index (χ3v) is 4.71. The van der Waals surface area contributed by atoms with Crippen LogP contribution in [0.2, 0.25) is 0 Å². The first-order chi connectivity index (χ1) is 11.1. The molecule has 23 heavy (non-hydrogen) atoms. The predicted octanol–water partition coefficient (Wildman–Crippen LogP) is 3.94. The van der Waals surface area contributed by atoms with E-state index in [9.17, 15) is 14.5 Å². The molecule has 2 heterocycles. The summed E-state index contributed by atoms with van der Waals surface area (Å²) >= 11 is 2.31. The van der Waals surface area contributed by atoms with E-state index >= 15 is 0 Å². The maximum Gasteiger partial charge on any atom is 0.286 e. The lowest BCUT2D eigenvalue weighted by Gasteiger charge is -1.99. The number of hydrogen-bond donors (Lipinski definition) is 1. The number of benzene rings is 1. The van der Waals surface area contributed by atoms with Crippen LogP contribution in [0.3, 0.4) is 0 Å². The molecule has 1 aromatic carbocycles. The van der Waals surface area contributed by atoms with Crippen LogP contribution in [0.15, 0.2) is 50.2 Å². The molecule has 0 aliphatic carbocycles. The first kappa shape index (κ1) is 15.4. The van der Waals surface area contributed by atoms with E-state index in [1.165, 1.54) is 23.5 Å². The Hall–Kier alpha value is -2.46. The summed E-state index contributed by atoms with van der Waals surface area (Å²) < 4.78 is 18.8. The predicted molar refractivity (Wildman–Crippen MR) is 83.1 cm³/mol. The fourth-order valence-corrected chi connectivity index (χ4v) is 3.50. The smallest absolute Gasteiger partial charge is 0.286 e. The van der Waals surface area contributed by atoms with Gasteiger partial charge in [-0.3, -0.25) is 10.1 Å². The summed E-state index contributed by atoms with van der Waals surface area (Å²) in [5.74, 6) is 0.0997. The summed E-state index contributed by atoms with van der Waals surface area (Å²) in [5, 5.41) is 22.5. The molecule has 0 atom stereocenters. The van der Waals surface area contributed by atoms with Crippen molar-refractivity contribution in [3.05, 3.63) is 58.3 Å². The largest absolute Gasteiger partial charge is 0.467 e. The van der Waals surface area contributed by atoms with Crippen molar-refractivity contribution in [1.82, 2.24) is 10.2 Å². The highest BCUT2D eigenvalue weighted by molar-refractivity contribution is 8.01. The van der Waals surface area contributed by atoms with Gasteiger partial charge in [0, 0.05) is 0 Å². The van der Waals surface area contributed by atoms with Gasteiger partial charge in [0.05, 0.1) is 28.7 Å². The second kappa shape index (κ2) is 6.75. The lowest BCUT2D eigenvalue weighted by molar-refractivity contribution is -0.387. The highest BCUT2D eigenvalue weighted by Crippen LogP contribution is 2.37. The van der Waals surface area contributed by atoms with E-state index in [0.29, 0.717) is 20.9 Å². The Morgan fingerprint density at radius 1 is 1.39 bits per heavy atom. The number of aromatic nitrogens is 2. The molecule has 0 spiro atoms. The molecule has 0 amide bonds. The van der Waals surface area contributed by atoms with E-state index < -0.39 is 10.7 Å². The number of rotatable bonds is 6. The Labute approximate surface area is 137 Å². The zero-order chi connectivity index (χ0) is 16.2. The molecular formula is C13H9FN4O3S2. The Morgan fingerprint density at radius 3 is 3.00 bits per heavy atom. The molecule has 10 heteroatoms. The maximum atomic E-state index is 13.1. The number of nitrogens with zero attached hydrogens (tertiary/aromatic N) is 3. The van der Waals surface area contributed by atoms with Crippen LogP contribution in [-0.2, 0) is 6.54 Å². The van der Waals surface area contributed by atoms with Gasteiger partial charge in [-0.25, -0.2) is 4.39 Å². The van der Waals surface area contributed by atoms with Crippen molar-refractivity contribution in [3.63, 3.8) is 0 Å². The van der Waals surface area contributed by atoms with Gasteiger partial charge in [0.2, 0.25) is 5.13 Å². The number of halogens is 1. The molecule has 0 radical (unpaired) electrons. The van der Waals surface area contributed by atoms with Crippen molar-refractivity contribution in [2.24, 2.45) is 0 Å². The van der Waals surface area contributed by atoms with Gasteiger partial charge >= 0.3 is 0 Å². The first-order valence-corrected chi connectivity index (χ1v) is 7.96. The molecule has 0 unspecified atom stereocenters. The van der Waals surface area contributed by atoms with E-state index in [-0.39, 0.29) is 5.69 Å². The van der Waals surface area contributed by atoms with Gasteiger partial charge < -0.3 is 9.73 Å². The monoisotopic (exact) mass is 352 g/mol. The minimum Gasteiger partial charge on any atom is -0.467 e. The number of anilines is 1. The SMILES string of the molecule is O=[N+]([O-])c1cc(F)ccc1Sc1nnc(NCc2ccco2)s1. The number of nitro groups is 1. The summed E-state index contributed by atoms with van der Waals surface area (Å²) in [4.78, 5) is 10.7. The van der Waals surface area contributed by atoms with Crippen LogP contribution in [-0.4, -0.2) is 15.1 Å². The van der Waals surface area contributed by atoms with Crippen LogP contribution in [0.1, 0.15) is 5.76 Å². The van der Waals surface area contributed by atoms with Gasteiger partial charge in [0.15, 0.2) is 4.34 Å². The molecule has 2 aromatic heterocycles.